The zero-order chi connectivity index (χ0) is 16.1. The molecule has 112 valence electrons. The average Bonchev–Trinajstić information content (AvgIpc) is 2.99. The lowest BCUT2D eigenvalue weighted by Crippen LogP contribution is -2.00. The third kappa shape index (κ3) is 3.30. The van der Waals surface area contributed by atoms with Gasteiger partial charge in [-0.15, -0.1) is 16.8 Å². The molecule has 0 bridgehead atoms. The van der Waals surface area contributed by atoms with Crippen molar-refractivity contribution in [3.8, 4) is 17.5 Å². The number of rotatable bonds is 5. The van der Waals surface area contributed by atoms with Crippen LogP contribution in [-0.2, 0) is 6.54 Å². The minimum atomic E-state index is 0.382. The van der Waals surface area contributed by atoms with Gasteiger partial charge in [-0.25, -0.2) is 4.98 Å². The monoisotopic (exact) mass is 319 g/mol. The highest BCUT2D eigenvalue weighted by atomic mass is 32.2. The number of nitriles is 1. The standard InChI is InChI=1S/C17H13N5S/c1-2-11-22-16(13-7-4-3-5-8-13)20-21-17(22)23-15-10-6-9-14(12-18)19-15/h2-10H,1,11H2. The second kappa shape index (κ2) is 6.90. The van der Waals surface area contributed by atoms with E-state index in [1.54, 1.807) is 18.2 Å². The Balaban J connectivity index is 1.98. The number of pyridine rings is 1. The molecule has 0 radical (unpaired) electrons. The summed E-state index contributed by atoms with van der Waals surface area (Å²) in [5.74, 6) is 0.782. The van der Waals surface area contributed by atoms with E-state index in [0.717, 1.165) is 11.4 Å². The topological polar surface area (TPSA) is 67.4 Å². The molecule has 23 heavy (non-hydrogen) atoms. The largest absolute Gasteiger partial charge is 0.298 e. The molecule has 2 heterocycles. The van der Waals surface area contributed by atoms with E-state index < -0.39 is 0 Å². The molecule has 0 aliphatic carbocycles. The molecule has 3 aromatic rings. The predicted molar refractivity (Wildman–Crippen MR) is 88.7 cm³/mol. The van der Waals surface area contributed by atoms with Gasteiger partial charge in [0, 0.05) is 12.1 Å². The molecule has 0 atom stereocenters. The Kier molecular flexibility index (Phi) is 4.50. The summed E-state index contributed by atoms with van der Waals surface area (Å²) in [6.45, 7) is 4.40. The Morgan fingerprint density at radius 1 is 1.13 bits per heavy atom. The Labute approximate surface area is 138 Å². The third-order valence-corrected chi connectivity index (χ3v) is 4.02. The Hall–Kier alpha value is -2.91. The van der Waals surface area contributed by atoms with Gasteiger partial charge in [0.2, 0.25) is 0 Å². The van der Waals surface area contributed by atoms with E-state index in [4.69, 9.17) is 5.26 Å². The van der Waals surface area contributed by atoms with Crippen molar-refractivity contribution < 1.29 is 0 Å². The summed E-state index contributed by atoms with van der Waals surface area (Å²) >= 11 is 1.38. The molecule has 0 N–H and O–H groups in total. The average molecular weight is 319 g/mol. The van der Waals surface area contributed by atoms with Crippen LogP contribution in [0.5, 0.6) is 0 Å². The fourth-order valence-electron chi connectivity index (χ4n) is 2.09. The third-order valence-electron chi connectivity index (χ3n) is 3.09. The van der Waals surface area contributed by atoms with Crippen molar-refractivity contribution in [2.45, 2.75) is 16.7 Å². The van der Waals surface area contributed by atoms with Crippen molar-refractivity contribution in [2.24, 2.45) is 0 Å². The summed E-state index contributed by atoms with van der Waals surface area (Å²) in [4.78, 5) is 4.26. The van der Waals surface area contributed by atoms with Gasteiger partial charge in [0.1, 0.15) is 16.8 Å². The highest BCUT2D eigenvalue weighted by molar-refractivity contribution is 7.99. The van der Waals surface area contributed by atoms with Crippen LogP contribution in [-0.4, -0.2) is 19.7 Å². The molecule has 0 aliphatic rings. The highest BCUT2D eigenvalue weighted by Gasteiger charge is 2.14. The first-order valence-corrected chi connectivity index (χ1v) is 7.78. The number of hydrogen-bond donors (Lipinski definition) is 0. The summed E-state index contributed by atoms with van der Waals surface area (Å²) in [7, 11) is 0. The number of benzene rings is 1. The molecule has 2 aromatic heterocycles. The molecule has 3 rings (SSSR count). The number of nitrogens with zero attached hydrogens (tertiary/aromatic N) is 5. The SMILES string of the molecule is C=CCn1c(Sc2cccc(C#N)n2)nnc1-c1ccccc1. The van der Waals surface area contributed by atoms with Gasteiger partial charge in [-0.1, -0.05) is 42.5 Å². The van der Waals surface area contributed by atoms with E-state index >= 15 is 0 Å². The van der Waals surface area contributed by atoms with E-state index in [2.05, 4.69) is 21.8 Å². The molecule has 5 nitrogen and oxygen atoms in total. The lowest BCUT2D eigenvalue weighted by atomic mass is 10.2. The maximum absolute atomic E-state index is 8.95. The van der Waals surface area contributed by atoms with Crippen molar-refractivity contribution in [3.63, 3.8) is 0 Å². The summed E-state index contributed by atoms with van der Waals surface area (Å²) in [5, 5.41) is 18.9. The van der Waals surface area contributed by atoms with E-state index in [0.29, 0.717) is 22.4 Å². The molecule has 1 aromatic carbocycles. The zero-order valence-electron chi connectivity index (χ0n) is 12.3. The minimum Gasteiger partial charge on any atom is -0.298 e. The number of hydrogen-bond acceptors (Lipinski definition) is 5. The fraction of sp³-hybridized carbons (Fsp3) is 0.0588. The van der Waals surface area contributed by atoms with E-state index in [9.17, 15) is 0 Å². The molecule has 0 spiro atoms. The maximum atomic E-state index is 8.95. The molecule has 0 saturated heterocycles. The smallest absolute Gasteiger partial charge is 0.198 e. The van der Waals surface area contributed by atoms with Gasteiger partial charge in [0.15, 0.2) is 11.0 Å². The predicted octanol–water partition coefficient (Wildman–Crippen LogP) is 3.55. The van der Waals surface area contributed by atoms with Crippen LogP contribution in [0.15, 0.2) is 71.4 Å². The molecule has 0 fully saturated rings. The van der Waals surface area contributed by atoms with Crippen LogP contribution in [0, 0.1) is 11.3 Å². The molecule has 0 unspecified atom stereocenters. The molecule has 6 heteroatoms. The molecular formula is C17H13N5S. The van der Waals surface area contributed by atoms with Crippen LogP contribution in [0.2, 0.25) is 0 Å². The molecule has 0 aliphatic heterocycles. The van der Waals surface area contributed by atoms with Gasteiger partial charge in [0.05, 0.1) is 0 Å². The second-order valence-electron chi connectivity index (χ2n) is 4.65. The zero-order valence-corrected chi connectivity index (χ0v) is 13.1. The number of allylic oxidation sites excluding steroid dienone is 1. The maximum Gasteiger partial charge on any atom is 0.198 e. The van der Waals surface area contributed by atoms with Crippen molar-refractivity contribution in [1.82, 2.24) is 19.7 Å². The summed E-state index contributed by atoms with van der Waals surface area (Å²) in [6, 6.07) is 17.2. The summed E-state index contributed by atoms with van der Waals surface area (Å²) < 4.78 is 1.98. The first-order chi connectivity index (χ1) is 11.3. The first kappa shape index (κ1) is 15.0. The number of aromatic nitrogens is 4. The second-order valence-corrected chi connectivity index (χ2v) is 5.63. The fourth-order valence-corrected chi connectivity index (χ4v) is 2.92. The van der Waals surface area contributed by atoms with E-state index in [1.807, 2.05) is 47.0 Å². The van der Waals surface area contributed by atoms with Crippen LogP contribution in [0.1, 0.15) is 5.69 Å². The lowest BCUT2D eigenvalue weighted by Gasteiger charge is -2.07. The summed E-state index contributed by atoms with van der Waals surface area (Å²) in [6.07, 6.45) is 1.80. The van der Waals surface area contributed by atoms with Gasteiger partial charge in [0.25, 0.3) is 0 Å². The van der Waals surface area contributed by atoms with Crippen molar-refractivity contribution >= 4 is 11.8 Å². The summed E-state index contributed by atoms with van der Waals surface area (Å²) in [5.41, 5.74) is 1.38. The molecule has 0 amide bonds. The van der Waals surface area contributed by atoms with Crippen LogP contribution in [0.4, 0.5) is 0 Å². The highest BCUT2D eigenvalue weighted by Crippen LogP contribution is 2.28. The van der Waals surface area contributed by atoms with Gasteiger partial charge in [-0.05, 0) is 23.9 Å². The van der Waals surface area contributed by atoms with Crippen LogP contribution in [0.25, 0.3) is 11.4 Å². The van der Waals surface area contributed by atoms with Crippen LogP contribution in [0.3, 0.4) is 0 Å². The van der Waals surface area contributed by atoms with Crippen LogP contribution >= 0.6 is 11.8 Å². The van der Waals surface area contributed by atoms with Crippen molar-refractivity contribution in [1.29, 1.82) is 5.26 Å². The Morgan fingerprint density at radius 3 is 2.70 bits per heavy atom. The molecular weight excluding hydrogens is 306 g/mol. The van der Waals surface area contributed by atoms with Gasteiger partial charge < -0.3 is 0 Å². The van der Waals surface area contributed by atoms with Crippen molar-refractivity contribution in [3.05, 3.63) is 66.9 Å². The lowest BCUT2D eigenvalue weighted by molar-refractivity contribution is 0.730. The van der Waals surface area contributed by atoms with Gasteiger partial charge >= 0.3 is 0 Å². The Bertz CT molecular complexity index is 864. The van der Waals surface area contributed by atoms with Gasteiger partial charge in [-0.3, -0.25) is 4.57 Å². The minimum absolute atomic E-state index is 0.382. The Morgan fingerprint density at radius 2 is 1.96 bits per heavy atom. The van der Waals surface area contributed by atoms with E-state index in [1.165, 1.54) is 11.8 Å². The quantitative estimate of drug-likeness (QED) is 0.673. The van der Waals surface area contributed by atoms with Crippen LogP contribution < -0.4 is 0 Å². The normalized spacial score (nSPS) is 10.2. The van der Waals surface area contributed by atoms with Gasteiger partial charge in [-0.2, -0.15) is 5.26 Å². The van der Waals surface area contributed by atoms with E-state index in [-0.39, 0.29) is 0 Å². The first-order valence-electron chi connectivity index (χ1n) is 6.96. The van der Waals surface area contributed by atoms with Crippen molar-refractivity contribution in [2.75, 3.05) is 0 Å². The molecule has 0 saturated carbocycles.